The summed E-state index contributed by atoms with van der Waals surface area (Å²) in [6, 6.07) is 4.67. The maximum Gasteiger partial charge on any atom is -0.0146 e. The summed E-state index contributed by atoms with van der Waals surface area (Å²) in [5.74, 6) is 0.667. The Bertz CT molecular complexity index is 564. The zero-order valence-corrected chi connectivity index (χ0v) is 17.2. The summed E-state index contributed by atoms with van der Waals surface area (Å²) in [4.78, 5) is 0. The molecule has 1 unspecified atom stereocenters. The molecule has 0 saturated carbocycles. The summed E-state index contributed by atoms with van der Waals surface area (Å²) in [6.07, 6.45) is 4.93. The van der Waals surface area contributed by atoms with Gasteiger partial charge in [-0.1, -0.05) is 70.9 Å². The molecule has 0 heteroatoms. The molecule has 1 atom stereocenters. The summed E-state index contributed by atoms with van der Waals surface area (Å²) in [7, 11) is 0. The van der Waals surface area contributed by atoms with Crippen LogP contribution in [-0.4, -0.2) is 0 Å². The van der Waals surface area contributed by atoms with Crippen molar-refractivity contribution in [3.8, 4) is 0 Å². The second kappa shape index (κ2) is 7.24. The average molecular weight is 315 g/mol. The van der Waals surface area contributed by atoms with Crippen LogP contribution in [0.15, 0.2) is 23.8 Å². The zero-order chi connectivity index (χ0) is 18.0. The molecule has 1 aromatic rings. The molecule has 0 aliphatic carbocycles. The Balaban J connectivity index is 2.86. The van der Waals surface area contributed by atoms with E-state index in [0.717, 1.165) is 0 Å². The van der Waals surface area contributed by atoms with Crippen molar-refractivity contribution < 1.29 is 0 Å². The molecule has 0 heterocycles. The van der Waals surface area contributed by atoms with Gasteiger partial charge in [0.2, 0.25) is 0 Å². The van der Waals surface area contributed by atoms with Crippen molar-refractivity contribution in [2.75, 3.05) is 0 Å². The summed E-state index contributed by atoms with van der Waals surface area (Å²) in [5.41, 5.74) is 7.82. The van der Waals surface area contributed by atoms with E-state index in [2.05, 4.69) is 87.4 Å². The van der Waals surface area contributed by atoms with Crippen LogP contribution in [0, 0.1) is 37.5 Å². The molecular formula is C23H38. The number of aryl methyl sites for hydroxylation is 3. The quantitative estimate of drug-likeness (QED) is 0.504. The Hall–Kier alpha value is -1.04. The summed E-state index contributed by atoms with van der Waals surface area (Å²) in [5, 5.41) is 0. The highest BCUT2D eigenvalue weighted by atomic mass is 14.3. The van der Waals surface area contributed by atoms with Crippen molar-refractivity contribution in [3.05, 3.63) is 46.0 Å². The number of hydrogen-bond donors (Lipinski definition) is 0. The predicted octanol–water partition coefficient (Wildman–Crippen LogP) is 7.20. The molecule has 0 N–H and O–H groups in total. The van der Waals surface area contributed by atoms with Gasteiger partial charge in [0.05, 0.1) is 0 Å². The summed E-state index contributed by atoms with van der Waals surface area (Å²) in [6.45, 7) is 23.1. The third kappa shape index (κ3) is 5.52. The molecule has 0 fully saturated rings. The van der Waals surface area contributed by atoms with Crippen LogP contribution in [0.2, 0.25) is 0 Å². The van der Waals surface area contributed by atoms with E-state index < -0.39 is 0 Å². The Labute approximate surface area is 145 Å². The zero-order valence-electron chi connectivity index (χ0n) is 17.2. The van der Waals surface area contributed by atoms with Gasteiger partial charge in [-0.25, -0.2) is 0 Å². The molecule has 130 valence electrons. The van der Waals surface area contributed by atoms with Crippen LogP contribution in [0.5, 0.6) is 0 Å². The Kier molecular flexibility index (Phi) is 6.30. The molecule has 0 radical (unpaired) electrons. The monoisotopic (exact) mass is 314 g/mol. The number of benzene rings is 1. The van der Waals surface area contributed by atoms with Gasteiger partial charge in [-0.2, -0.15) is 0 Å². The first-order valence-electron chi connectivity index (χ1n) is 9.11. The molecule has 0 aromatic heterocycles. The van der Waals surface area contributed by atoms with E-state index in [-0.39, 0.29) is 10.8 Å². The van der Waals surface area contributed by atoms with Crippen LogP contribution in [0.4, 0.5) is 0 Å². The smallest absolute Gasteiger partial charge is 0.0146 e. The first-order chi connectivity index (χ1) is 10.3. The average Bonchev–Trinajstić information content (AvgIpc) is 2.39. The topological polar surface area (TPSA) is 0 Å². The van der Waals surface area contributed by atoms with Gasteiger partial charge in [-0.3, -0.25) is 0 Å². The molecule has 0 bridgehead atoms. The normalized spacial score (nSPS) is 15.0. The van der Waals surface area contributed by atoms with Gasteiger partial charge in [0.15, 0.2) is 0 Å². The highest BCUT2D eigenvalue weighted by molar-refractivity contribution is 5.37. The lowest BCUT2D eigenvalue weighted by atomic mass is 9.73. The van der Waals surface area contributed by atoms with Crippen molar-refractivity contribution in [1.82, 2.24) is 0 Å². The second-order valence-corrected chi connectivity index (χ2v) is 9.20. The third-order valence-electron chi connectivity index (χ3n) is 5.81. The highest BCUT2D eigenvalue weighted by Crippen LogP contribution is 2.36. The summed E-state index contributed by atoms with van der Waals surface area (Å²) < 4.78 is 0. The molecule has 0 saturated heterocycles. The largest absolute Gasteiger partial charge is 0.0791 e. The maximum absolute atomic E-state index is 2.51. The van der Waals surface area contributed by atoms with E-state index >= 15 is 0 Å². The number of hydrogen-bond acceptors (Lipinski definition) is 0. The van der Waals surface area contributed by atoms with E-state index in [1.165, 1.54) is 40.7 Å². The van der Waals surface area contributed by atoms with E-state index in [1.54, 1.807) is 0 Å². The standard InChI is InChI=1S/C23H38/c1-16-13-17(2)20(5)21(14-16)12-11-18(3)23(9,10)15-19(4)22(6,7)8/h13-15,18H,11-12H2,1-10H3/b19-15+. The second-order valence-electron chi connectivity index (χ2n) is 9.20. The van der Waals surface area contributed by atoms with Gasteiger partial charge in [0, 0.05) is 0 Å². The van der Waals surface area contributed by atoms with Crippen molar-refractivity contribution in [2.24, 2.45) is 16.7 Å². The van der Waals surface area contributed by atoms with Crippen molar-refractivity contribution in [1.29, 1.82) is 0 Å². The first kappa shape index (κ1) is 20.0. The van der Waals surface area contributed by atoms with Crippen LogP contribution < -0.4 is 0 Å². The molecule has 0 aliphatic rings. The van der Waals surface area contributed by atoms with Crippen LogP contribution in [0.3, 0.4) is 0 Å². The maximum atomic E-state index is 2.51. The lowest BCUT2D eigenvalue weighted by molar-refractivity contribution is 0.284. The minimum Gasteiger partial charge on any atom is -0.0791 e. The minimum atomic E-state index is 0.240. The molecule has 1 aromatic carbocycles. The van der Waals surface area contributed by atoms with Crippen LogP contribution in [0.25, 0.3) is 0 Å². The van der Waals surface area contributed by atoms with Crippen LogP contribution in [-0.2, 0) is 6.42 Å². The van der Waals surface area contributed by atoms with Crippen molar-refractivity contribution in [3.63, 3.8) is 0 Å². The number of rotatable bonds is 5. The lowest BCUT2D eigenvalue weighted by Gasteiger charge is -2.32. The molecule has 0 spiro atoms. The van der Waals surface area contributed by atoms with Gasteiger partial charge in [-0.05, 0) is 74.0 Å². The van der Waals surface area contributed by atoms with E-state index in [9.17, 15) is 0 Å². The molecular weight excluding hydrogens is 276 g/mol. The van der Waals surface area contributed by atoms with Gasteiger partial charge in [0.1, 0.15) is 0 Å². The molecule has 0 amide bonds. The molecule has 0 aliphatic heterocycles. The van der Waals surface area contributed by atoms with Crippen molar-refractivity contribution in [2.45, 2.75) is 82.1 Å². The Morgan fingerprint density at radius 1 is 1.04 bits per heavy atom. The fourth-order valence-corrected chi connectivity index (χ4v) is 3.05. The van der Waals surface area contributed by atoms with Gasteiger partial charge in [-0.15, -0.1) is 0 Å². The van der Waals surface area contributed by atoms with Gasteiger partial charge < -0.3 is 0 Å². The fraction of sp³-hybridized carbons (Fsp3) is 0.652. The Morgan fingerprint density at radius 3 is 2.13 bits per heavy atom. The number of allylic oxidation sites excluding steroid dienone is 2. The van der Waals surface area contributed by atoms with Crippen LogP contribution in [0.1, 0.15) is 77.1 Å². The molecule has 1 rings (SSSR count). The van der Waals surface area contributed by atoms with Gasteiger partial charge >= 0.3 is 0 Å². The predicted molar refractivity (Wildman–Crippen MR) is 105 cm³/mol. The fourth-order valence-electron chi connectivity index (χ4n) is 3.05. The first-order valence-corrected chi connectivity index (χ1v) is 9.11. The van der Waals surface area contributed by atoms with E-state index in [4.69, 9.17) is 0 Å². The molecule has 0 nitrogen and oxygen atoms in total. The van der Waals surface area contributed by atoms with E-state index in [0.29, 0.717) is 5.92 Å². The van der Waals surface area contributed by atoms with Crippen molar-refractivity contribution >= 4 is 0 Å². The Morgan fingerprint density at radius 2 is 1.61 bits per heavy atom. The van der Waals surface area contributed by atoms with E-state index in [1.807, 2.05) is 0 Å². The minimum absolute atomic E-state index is 0.240. The third-order valence-corrected chi connectivity index (χ3v) is 5.81. The lowest BCUT2D eigenvalue weighted by Crippen LogP contribution is -2.22. The SMILES string of the molecule is C/C(=C\C(C)(C)C(C)CCc1cc(C)cc(C)c1C)C(C)(C)C. The van der Waals surface area contributed by atoms with Crippen LogP contribution >= 0.6 is 0 Å². The van der Waals surface area contributed by atoms with Gasteiger partial charge in [0.25, 0.3) is 0 Å². The highest BCUT2D eigenvalue weighted by Gasteiger charge is 2.25. The summed E-state index contributed by atoms with van der Waals surface area (Å²) >= 11 is 0. The molecule has 23 heavy (non-hydrogen) atoms.